The number of hydrogen-bond acceptors (Lipinski definition) is 4. The van der Waals surface area contributed by atoms with Gasteiger partial charge in [0, 0.05) is 24.2 Å². The molecule has 2 N–H and O–H groups in total. The molecule has 30 heavy (non-hydrogen) atoms. The van der Waals surface area contributed by atoms with E-state index >= 15 is 0 Å². The fraction of sp³-hybridized carbons (Fsp3) is 0.409. The summed E-state index contributed by atoms with van der Waals surface area (Å²) in [5.41, 5.74) is 2.60. The number of guanidine groups is 1. The number of fused-ring (bicyclic) bond motifs is 1. The first-order valence-electron chi connectivity index (χ1n) is 9.96. The van der Waals surface area contributed by atoms with Crippen LogP contribution >= 0.6 is 24.0 Å². The van der Waals surface area contributed by atoms with Crippen LogP contribution in [0, 0.1) is 5.82 Å². The molecule has 0 aromatic heterocycles. The molecule has 8 heteroatoms. The highest BCUT2D eigenvalue weighted by Crippen LogP contribution is 2.29. The maximum Gasteiger partial charge on any atom is 0.191 e. The Morgan fingerprint density at radius 3 is 2.80 bits per heavy atom. The SMILES string of the molecule is CCNC(=NCc1ccccc1OCC)NCCc1cc(F)cc2c1OCOC2.I. The van der Waals surface area contributed by atoms with Crippen LogP contribution in [0.15, 0.2) is 41.4 Å². The molecule has 1 heterocycles. The topological polar surface area (TPSA) is 64.1 Å². The summed E-state index contributed by atoms with van der Waals surface area (Å²) in [6.45, 7) is 7.01. The predicted octanol–water partition coefficient (Wildman–Crippen LogP) is 4.01. The Hall–Kier alpha value is -2.07. The number of benzene rings is 2. The van der Waals surface area contributed by atoms with Crippen LogP contribution in [0.5, 0.6) is 11.5 Å². The summed E-state index contributed by atoms with van der Waals surface area (Å²) in [4.78, 5) is 4.65. The van der Waals surface area contributed by atoms with Crippen LogP contribution in [0.4, 0.5) is 4.39 Å². The number of hydrogen-bond donors (Lipinski definition) is 2. The Balaban J connectivity index is 0.00000320. The van der Waals surface area contributed by atoms with Crippen molar-refractivity contribution in [2.24, 2.45) is 4.99 Å². The zero-order valence-corrected chi connectivity index (χ0v) is 19.7. The smallest absolute Gasteiger partial charge is 0.191 e. The molecule has 0 aliphatic carbocycles. The molecular formula is C22H29FIN3O3. The molecule has 1 aliphatic heterocycles. The van der Waals surface area contributed by atoms with Crippen molar-refractivity contribution in [2.75, 3.05) is 26.5 Å². The molecule has 0 saturated carbocycles. The number of rotatable bonds is 8. The van der Waals surface area contributed by atoms with Gasteiger partial charge in [-0.3, -0.25) is 0 Å². The molecule has 0 amide bonds. The Labute approximate surface area is 194 Å². The van der Waals surface area contributed by atoms with Gasteiger partial charge in [0.05, 0.1) is 19.8 Å². The Morgan fingerprint density at radius 2 is 2.00 bits per heavy atom. The molecule has 2 aromatic carbocycles. The van der Waals surface area contributed by atoms with Crippen molar-refractivity contribution in [3.05, 3.63) is 58.9 Å². The van der Waals surface area contributed by atoms with Crippen LogP contribution in [0.3, 0.4) is 0 Å². The lowest BCUT2D eigenvalue weighted by Crippen LogP contribution is -2.38. The summed E-state index contributed by atoms with van der Waals surface area (Å²) < 4.78 is 30.4. The van der Waals surface area contributed by atoms with Gasteiger partial charge in [-0.05, 0) is 44.0 Å². The van der Waals surface area contributed by atoms with Gasteiger partial charge in [-0.2, -0.15) is 0 Å². The van der Waals surface area contributed by atoms with Crippen LogP contribution in [-0.2, 0) is 24.3 Å². The number of ether oxygens (including phenoxy) is 3. The van der Waals surface area contributed by atoms with Crippen LogP contribution in [0.25, 0.3) is 0 Å². The summed E-state index contributed by atoms with van der Waals surface area (Å²) in [6, 6.07) is 10.9. The third-order valence-electron chi connectivity index (χ3n) is 4.46. The summed E-state index contributed by atoms with van der Waals surface area (Å²) in [5, 5.41) is 6.54. The Kier molecular flexibility index (Phi) is 10.2. The summed E-state index contributed by atoms with van der Waals surface area (Å²) >= 11 is 0. The monoisotopic (exact) mass is 529 g/mol. The van der Waals surface area contributed by atoms with Gasteiger partial charge in [0.15, 0.2) is 12.8 Å². The molecule has 0 fully saturated rings. The van der Waals surface area contributed by atoms with Crippen LogP contribution in [-0.4, -0.2) is 32.4 Å². The molecule has 0 bridgehead atoms. The van der Waals surface area contributed by atoms with E-state index in [-0.39, 0.29) is 36.6 Å². The second-order valence-electron chi connectivity index (χ2n) is 6.58. The standard InChI is InChI=1S/C22H28FN3O3.HI/c1-3-24-22(26-13-17-7-5-6-8-20(17)28-4-2)25-10-9-16-11-19(23)12-18-14-27-15-29-21(16)18;/h5-8,11-12H,3-4,9-10,13-15H2,1-2H3,(H2,24,25,26);1H. The van der Waals surface area contributed by atoms with E-state index in [2.05, 4.69) is 15.6 Å². The van der Waals surface area contributed by atoms with E-state index in [1.807, 2.05) is 38.1 Å². The molecular weight excluding hydrogens is 500 g/mol. The minimum absolute atomic E-state index is 0. The van der Waals surface area contributed by atoms with E-state index in [0.29, 0.717) is 38.7 Å². The second kappa shape index (κ2) is 12.6. The minimum atomic E-state index is -0.277. The number of para-hydroxylation sites is 1. The highest BCUT2D eigenvalue weighted by atomic mass is 127. The normalized spacial score (nSPS) is 13.0. The molecule has 0 atom stereocenters. The van der Waals surface area contributed by atoms with Crippen LogP contribution in [0.1, 0.15) is 30.5 Å². The first kappa shape index (κ1) is 24.2. The third-order valence-corrected chi connectivity index (χ3v) is 4.46. The number of nitrogens with one attached hydrogen (secondary N) is 2. The van der Waals surface area contributed by atoms with Crippen molar-refractivity contribution in [3.8, 4) is 11.5 Å². The molecule has 0 unspecified atom stereocenters. The van der Waals surface area contributed by atoms with Gasteiger partial charge in [0.2, 0.25) is 0 Å². The van der Waals surface area contributed by atoms with Crippen molar-refractivity contribution in [1.82, 2.24) is 10.6 Å². The fourth-order valence-corrected chi connectivity index (χ4v) is 3.19. The van der Waals surface area contributed by atoms with Crippen molar-refractivity contribution in [3.63, 3.8) is 0 Å². The van der Waals surface area contributed by atoms with E-state index in [9.17, 15) is 4.39 Å². The van der Waals surface area contributed by atoms with Crippen molar-refractivity contribution >= 4 is 29.9 Å². The minimum Gasteiger partial charge on any atom is -0.494 e. The molecule has 1 aliphatic rings. The third kappa shape index (κ3) is 6.73. The summed E-state index contributed by atoms with van der Waals surface area (Å²) in [5.74, 6) is 2.00. The Morgan fingerprint density at radius 1 is 1.17 bits per heavy atom. The van der Waals surface area contributed by atoms with Gasteiger partial charge in [0.1, 0.15) is 17.3 Å². The van der Waals surface area contributed by atoms with Gasteiger partial charge < -0.3 is 24.8 Å². The molecule has 0 spiro atoms. The highest BCUT2D eigenvalue weighted by Gasteiger charge is 2.16. The lowest BCUT2D eigenvalue weighted by atomic mass is 10.1. The van der Waals surface area contributed by atoms with Crippen molar-refractivity contribution in [1.29, 1.82) is 0 Å². The summed E-state index contributed by atoms with van der Waals surface area (Å²) in [6.07, 6.45) is 0.611. The van der Waals surface area contributed by atoms with Gasteiger partial charge in [-0.1, -0.05) is 18.2 Å². The maximum atomic E-state index is 13.9. The van der Waals surface area contributed by atoms with Crippen molar-refractivity contribution in [2.45, 2.75) is 33.4 Å². The molecule has 0 saturated heterocycles. The van der Waals surface area contributed by atoms with Gasteiger partial charge >= 0.3 is 0 Å². The van der Waals surface area contributed by atoms with Gasteiger partial charge in [-0.15, -0.1) is 24.0 Å². The quantitative estimate of drug-likeness (QED) is 0.308. The van der Waals surface area contributed by atoms with Crippen molar-refractivity contribution < 1.29 is 18.6 Å². The lowest BCUT2D eigenvalue weighted by molar-refractivity contribution is -0.0172. The first-order valence-corrected chi connectivity index (χ1v) is 9.96. The van der Waals surface area contributed by atoms with Gasteiger partial charge in [0.25, 0.3) is 0 Å². The van der Waals surface area contributed by atoms with E-state index in [1.54, 1.807) is 0 Å². The van der Waals surface area contributed by atoms with E-state index in [0.717, 1.165) is 34.7 Å². The highest BCUT2D eigenvalue weighted by molar-refractivity contribution is 14.0. The van der Waals surface area contributed by atoms with Crippen LogP contribution < -0.4 is 20.1 Å². The zero-order chi connectivity index (χ0) is 20.5. The number of nitrogens with zero attached hydrogens (tertiary/aromatic N) is 1. The maximum absolute atomic E-state index is 13.9. The molecule has 2 aromatic rings. The second-order valence-corrected chi connectivity index (χ2v) is 6.58. The van der Waals surface area contributed by atoms with E-state index in [1.165, 1.54) is 12.1 Å². The van der Waals surface area contributed by atoms with E-state index < -0.39 is 0 Å². The average Bonchev–Trinajstić information content (AvgIpc) is 2.73. The number of aliphatic imine (C=N–C) groups is 1. The molecule has 6 nitrogen and oxygen atoms in total. The van der Waals surface area contributed by atoms with Crippen LogP contribution in [0.2, 0.25) is 0 Å². The molecule has 3 rings (SSSR count). The average molecular weight is 529 g/mol. The van der Waals surface area contributed by atoms with E-state index in [4.69, 9.17) is 14.2 Å². The fourth-order valence-electron chi connectivity index (χ4n) is 3.19. The predicted molar refractivity (Wildman–Crippen MR) is 126 cm³/mol. The molecule has 164 valence electrons. The summed E-state index contributed by atoms with van der Waals surface area (Å²) in [7, 11) is 0. The van der Waals surface area contributed by atoms with Gasteiger partial charge in [-0.25, -0.2) is 9.38 Å². The number of halogens is 2. The first-order chi connectivity index (χ1) is 14.2. The zero-order valence-electron chi connectivity index (χ0n) is 17.4. The molecule has 0 radical (unpaired) electrons. The lowest BCUT2D eigenvalue weighted by Gasteiger charge is -2.21. The Bertz CT molecular complexity index is 848. The largest absolute Gasteiger partial charge is 0.494 e.